The molecule has 3 heterocycles. The summed E-state index contributed by atoms with van der Waals surface area (Å²) in [5, 5.41) is 8.16. The number of fused-ring (bicyclic) bond motifs is 2. The topological polar surface area (TPSA) is 75.1 Å². The fraction of sp³-hybridized carbons (Fsp3) is 0.632. The SMILES string of the molecule is CCCC(C)C1NNC2CCN(C(=O)c3ccc4c(c3)nnn4C)CC21. The highest BCUT2D eigenvalue weighted by Gasteiger charge is 2.42. The van der Waals surface area contributed by atoms with E-state index in [0.29, 0.717) is 29.5 Å². The highest BCUT2D eigenvalue weighted by atomic mass is 16.2. The molecule has 0 radical (unpaired) electrons. The van der Waals surface area contributed by atoms with Crippen molar-refractivity contribution in [1.82, 2.24) is 30.7 Å². The number of carbonyl (C=O) groups is 1. The summed E-state index contributed by atoms with van der Waals surface area (Å²) in [6.07, 6.45) is 3.39. The standard InChI is InChI=1S/C19H28N6O/c1-4-5-12(2)18-14-11-25(9-8-15(14)20-22-18)19(26)13-6-7-17-16(10-13)21-23-24(17)3/h6-7,10,12,14-15,18,20,22H,4-5,8-9,11H2,1-3H3. The van der Waals surface area contributed by atoms with Crippen molar-refractivity contribution in [2.75, 3.05) is 13.1 Å². The molecular formula is C19H28N6O. The Kier molecular flexibility index (Phi) is 4.67. The molecule has 1 aromatic carbocycles. The molecule has 2 aliphatic heterocycles. The molecule has 0 saturated carbocycles. The molecular weight excluding hydrogens is 328 g/mol. The zero-order chi connectivity index (χ0) is 18.3. The van der Waals surface area contributed by atoms with Gasteiger partial charge < -0.3 is 4.90 Å². The van der Waals surface area contributed by atoms with Gasteiger partial charge in [0.25, 0.3) is 5.91 Å². The first-order valence-electron chi connectivity index (χ1n) is 9.68. The van der Waals surface area contributed by atoms with Gasteiger partial charge in [-0.2, -0.15) is 0 Å². The highest BCUT2D eigenvalue weighted by molar-refractivity contribution is 5.97. The van der Waals surface area contributed by atoms with E-state index in [1.54, 1.807) is 4.68 Å². The molecule has 0 aliphatic carbocycles. The van der Waals surface area contributed by atoms with Crippen molar-refractivity contribution in [3.05, 3.63) is 23.8 Å². The molecule has 7 nitrogen and oxygen atoms in total. The summed E-state index contributed by atoms with van der Waals surface area (Å²) in [7, 11) is 1.86. The number of hydrogen-bond acceptors (Lipinski definition) is 5. The van der Waals surface area contributed by atoms with Gasteiger partial charge >= 0.3 is 0 Å². The second-order valence-corrected chi connectivity index (χ2v) is 7.81. The summed E-state index contributed by atoms with van der Waals surface area (Å²) < 4.78 is 1.73. The van der Waals surface area contributed by atoms with E-state index in [-0.39, 0.29) is 5.91 Å². The number of carbonyl (C=O) groups excluding carboxylic acids is 1. The van der Waals surface area contributed by atoms with Crippen LogP contribution in [0.2, 0.25) is 0 Å². The number of nitrogens with zero attached hydrogens (tertiary/aromatic N) is 4. The first-order chi connectivity index (χ1) is 12.6. The molecule has 2 saturated heterocycles. The normalized spacial score (nSPS) is 26.9. The van der Waals surface area contributed by atoms with E-state index in [4.69, 9.17) is 0 Å². The van der Waals surface area contributed by atoms with Crippen LogP contribution in [0.25, 0.3) is 11.0 Å². The number of benzene rings is 1. The predicted octanol–water partition coefficient (Wildman–Crippen LogP) is 1.71. The first-order valence-corrected chi connectivity index (χ1v) is 9.68. The number of aromatic nitrogens is 3. The minimum Gasteiger partial charge on any atom is -0.338 e. The minimum atomic E-state index is 0.102. The van der Waals surface area contributed by atoms with Crippen molar-refractivity contribution < 1.29 is 4.79 Å². The Morgan fingerprint density at radius 3 is 3.04 bits per heavy atom. The molecule has 2 fully saturated rings. The van der Waals surface area contributed by atoms with Crippen LogP contribution < -0.4 is 10.9 Å². The third-order valence-corrected chi connectivity index (χ3v) is 6.06. The second kappa shape index (κ2) is 6.96. The molecule has 4 atom stereocenters. The number of rotatable bonds is 4. The van der Waals surface area contributed by atoms with E-state index in [1.165, 1.54) is 12.8 Å². The van der Waals surface area contributed by atoms with Crippen molar-refractivity contribution in [3.8, 4) is 0 Å². The Hall–Kier alpha value is -1.99. The van der Waals surface area contributed by atoms with Gasteiger partial charge in [0.2, 0.25) is 0 Å². The predicted molar refractivity (Wildman–Crippen MR) is 100 cm³/mol. The van der Waals surface area contributed by atoms with Gasteiger partial charge in [-0.1, -0.05) is 25.5 Å². The lowest BCUT2D eigenvalue weighted by molar-refractivity contribution is 0.0639. The Morgan fingerprint density at radius 1 is 1.38 bits per heavy atom. The maximum Gasteiger partial charge on any atom is 0.253 e. The third kappa shape index (κ3) is 2.99. The Labute approximate surface area is 154 Å². The summed E-state index contributed by atoms with van der Waals surface area (Å²) in [6, 6.07) is 6.57. The second-order valence-electron chi connectivity index (χ2n) is 7.81. The van der Waals surface area contributed by atoms with Crippen LogP contribution in [0.4, 0.5) is 0 Å². The van der Waals surface area contributed by atoms with Crippen molar-refractivity contribution >= 4 is 16.9 Å². The number of hydrazine groups is 1. The molecule has 2 N–H and O–H groups in total. The summed E-state index contributed by atoms with van der Waals surface area (Å²) in [5.74, 6) is 1.17. The molecule has 140 valence electrons. The lowest BCUT2D eigenvalue weighted by Crippen LogP contribution is -2.49. The maximum absolute atomic E-state index is 13.1. The number of hydrogen-bond donors (Lipinski definition) is 2. The molecule has 0 spiro atoms. The Balaban J connectivity index is 1.51. The summed E-state index contributed by atoms with van der Waals surface area (Å²) in [5.41, 5.74) is 9.38. The van der Waals surface area contributed by atoms with Crippen LogP contribution in [-0.4, -0.2) is 51.0 Å². The molecule has 1 amide bonds. The van der Waals surface area contributed by atoms with Crippen LogP contribution >= 0.6 is 0 Å². The van der Waals surface area contributed by atoms with Gasteiger partial charge in [-0.05, 0) is 37.0 Å². The molecule has 2 aromatic rings. The van der Waals surface area contributed by atoms with Crippen LogP contribution in [0.5, 0.6) is 0 Å². The molecule has 7 heteroatoms. The maximum atomic E-state index is 13.1. The summed E-state index contributed by atoms with van der Waals surface area (Å²) in [6.45, 7) is 6.15. The van der Waals surface area contributed by atoms with Gasteiger partial charge in [0.1, 0.15) is 5.52 Å². The zero-order valence-corrected chi connectivity index (χ0v) is 15.8. The minimum absolute atomic E-state index is 0.102. The smallest absolute Gasteiger partial charge is 0.253 e. The van der Waals surface area contributed by atoms with Gasteiger partial charge in [-0.15, -0.1) is 5.10 Å². The van der Waals surface area contributed by atoms with E-state index in [1.807, 2.05) is 30.1 Å². The average Bonchev–Trinajstić information content (AvgIpc) is 3.24. The number of likely N-dealkylation sites (tertiary alicyclic amines) is 1. The average molecular weight is 356 g/mol. The van der Waals surface area contributed by atoms with E-state index in [0.717, 1.165) is 30.5 Å². The number of nitrogens with one attached hydrogen (secondary N) is 2. The van der Waals surface area contributed by atoms with Crippen molar-refractivity contribution in [3.63, 3.8) is 0 Å². The molecule has 26 heavy (non-hydrogen) atoms. The van der Waals surface area contributed by atoms with Crippen molar-refractivity contribution in [2.45, 2.75) is 45.2 Å². The highest BCUT2D eigenvalue weighted by Crippen LogP contribution is 2.30. The van der Waals surface area contributed by atoms with Gasteiger partial charge in [-0.25, -0.2) is 4.68 Å². The number of aryl methyl sites for hydroxylation is 1. The van der Waals surface area contributed by atoms with Gasteiger partial charge in [0, 0.05) is 43.7 Å². The Morgan fingerprint density at radius 2 is 2.23 bits per heavy atom. The zero-order valence-electron chi connectivity index (χ0n) is 15.8. The molecule has 0 bridgehead atoms. The van der Waals surface area contributed by atoms with Crippen molar-refractivity contribution in [1.29, 1.82) is 0 Å². The van der Waals surface area contributed by atoms with Crippen LogP contribution in [0.15, 0.2) is 18.2 Å². The quantitative estimate of drug-likeness (QED) is 0.872. The monoisotopic (exact) mass is 356 g/mol. The lowest BCUT2D eigenvalue weighted by Gasteiger charge is -2.37. The van der Waals surface area contributed by atoms with Gasteiger partial charge in [0.05, 0.1) is 5.52 Å². The van der Waals surface area contributed by atoms with E-state index in [9.17, 15) is 4.79 Å². The van der Waals surface area contributed by atoms with Crippen LogP contribution in [-0.2, 0) is 7.05 Å². The largest absolute Gasteiger partial charge is 0.338 e. The number of piperidine rings is 1. The molecule has 1 aromatic heterocycles. The van der Waals surface area contributed by atoms with Crippen molar-refractivity contribution in [2.24, 2.45) is 18.9 Å². The molecule has 2 aliphatic rings. The van der Waals surface area contributed by atoms with Crippen LogP contribution in [0.1, 0.15) is 43.5 Å². The van der Waals surface area contributed by atoms with Gasteiger partial charge in [0.15, 0.2) is 0 Å². The van der Waals surface area contributed by atoms with Crippen LogP contribution in [0.3, 0.4) is 0 Å². The summed E-state index contributed by atoms with van der Waals surface area (Å²) in [4.78, 5) is 15.1. The third-order valence-electron chi connectivity index (χ3n) is 6.06. The van der Waals surface area contributed by atoms with E-state index < -0.39 is 0 Å². The fourth-order valence-electron chi connectivity index (χ4n) is 4.58. The number of amides is 1. The molecule has 4 unspecified atom stereocenters. The van der Waals surface area contributed by atoms with E-state index in [2.05, 4.69) is 35.0 Å². The summed E-state index contributed by atoms with van der Waals surface area (Å²) >= 11 is 0. The lowest BCUT2D eigenvalue weighted by atomic mass is 9.81. The first kappa shape index (κ1) is 17.4. The van der Waals surface area contributed by atoms with E-state index >= 15 is 0 Å². The Bertz CT molecular complexity index is 802. The fourth-order valence-corrected chi connectivity index (χ4v) is 4.58. The van der Waals surface area contributed by atoms with Gasteiger partial charge in [-0.3, -0.25) is 15.6 Å². The molecule has 4 rings (SSSR count). The van der Waals surface area contributed by atoms with Crippen LogP contribution in [0, 0.1) is 11.8 Å².